The quantitative estimate of drug-likeness (QED) is 0.559. The standard InChI is InChI=1S/C17H13Cl2N/c1-13-4-6-14(7-5-13)3-2-10-20-12-15-8-9-16(18)11-17(15)19/h4-9,11-12H,10H2,1H3/b20-12+. The first kappa shape index (κ1) is 14.7. The Labute approximate surface area is 129 Å². The Hall–Kier alpha value is -1.75. The van der Waals surface area contributed by atoms with E-state index in [1.807, 2.05) is 30.3 Å². The van der Waals surface area contributed by atoms with Gasteiger partial charge in [-0.1, -0.05) is 58.8 Å². The maximum Gasteiger partial charge on any atom is 0.100 e. The van der Waals surface area contributed by atoms with E-state index >= 15 is 0 Å². The van der Waals surface area contributed by atoms with Gasteiger partial charge in [0.2, 0.25) is 0 Å². The van der Waals surface area contributed by atoms with Crippen LogP contribution in [-0.4, -0.2) is 12.8 Å². The number of nitrogens with zero attached hydrogens (tertiary/aromatic N) is 1. The molecule has 20 heavy (non-hydrogen) atoms. The fourth-order valence-corrected chi connectivity index (χ4v) is 2.03. The molecule has 0 unspecified atom stereocenters. The number of aryl methyl sites for hydroxylation is 1. The van der Waals surface area contributed by atoms with Crippen molar-refractivity contribution < 1.29 is 0 Å². The topological polar surface area (TPSA) is 12.4 Å². The van der Waals surface area contributed by atoms with Gasteiger partial charge in [0.05, 0.1) is 5.02 Å². The molecule has 2 aromatic rings. The van der Waals surface area contributed by atoms with Crippen molar-refractivity contribution >= 4 is 29.4 Å². The van der Waals surface area contributed by atoms with Crippen LogP contribution in [0.4, 0.5) is 0 Å². The second-order valence-electron chi connectivity index (χ2n) is 4.30. The Morgan fingerprint density at radius 3 is 2.55 bits per heavy atom. The largest absolute Gasteiger partial charge is 0.280 e. The first-order valence-electron chi connectivity index (χ1n) is 6.15. The summed E-state index contributed by atoms with van der Waals surface area (Å²) in [6, 6.07) is 13.4. The molecule has 0 saturated carbocycles. The molecule has 3 heteroatoms. The molecule has 0 saturated heterocycles. The second-order valence-corrected chi connectivity index (χ2v) is 5.15. The van der Waals surface area contributed by atoms with Crippen LogP contribution in [0.1, 0.15) is 16.7 Å². The number of halogens is 2. The molecule has 100 valence electrons. The molecule has 0 N–H and O–H groups in total. The molecule has 0 bridgehead atoms. The summed E-state index contributed by atoms with van der Waals surface area (Å²) in [5.74, 6) is 6.07. The molecule has 0 aromatic heterocycles. The van der Waals surface area contributed by atoms with E-state index in [2.05, 4.69) is 23.8 Å². The Balaban J connectivity index is 1.96. The van der Waals surface area contributed by atoms with Gasteiger partial charge < -0.3 is 0 Å². The molecule has 2 aromatic carbocycles. The molecule has 0 aliphatic carbocycles. The summed E-state index contributed by atoms with van der Waals surface area (Å²) in [7, 11) is 0. The van der Waals surface area contributed by atoms with Crippen molar-refractivity contribution in [2.24, 2.45) is 4.99 Å². The van der Waals surface area contributed by atoms with Crippen LogP contribution < -0.4 is 0 Å². The number of aliphatic imine (C=N–C) groups is 1. The normalized spacial score (nSPS) is 10.3. The predicted molar refractivity (Wildman–Crippen MR) is 87.0 cm³/mol. The number of benzene rings is 2. The fourth-order valence-electron chi connectivity index (χ4n) is 1.57. The van der Waals surface area contributed by atoms with Crippen molar-refractivity contribution in [1.29, 1.82) is 0 Å². The minimum Gasteiger partial charge on any atom is -0.280 e. The van der Waals surface area contributed by atoms with Gasteiger partial charge in [-0.05, 0) is 31.2 Å². The molecular formula is C17H13Cl2N. The van der Waals surface area contributed by atoms with Gasteiger partial charge in [-0.15, -0.1) is 0 Å². The lowest BCUT2D eigenvalue weighted by Gasteiger charge is -1.97. The fraction of sp³-hybridized carbons (Fsp3) is 0.118. The van der Waals surface area contributed by atoms with E-state index in [4.69, 9.17) is 23.2 Å². The molecule has 0 amide bonds. The molecule has 0 atom stereocenters. The first-order valence-corrected chi connectivity index (χ1v) is 6.91. The van der Waals surface area contributed by atoms with Crippen molar-refractivity contribution in [3.8, 4) is 11.8 Å². The van der Waals surface area contributed by atoms with Crippen LogP contribution in [0.15, 0.2) is 47.5 Å². The molecule has 0 heterocycles. The van der Waals surface area contributed by atoms with Gasteiger partial charge in [0, 0.05) is 22.4 Å². The Morgan fingerprint density at radius 2 is 1.85 bits per heavy atom. The minimum atomic E-state index is 0.437. The van der Waals surface area contributed by atoms with Crippen LogP contribution in [0.25, 0.3) is 0 Å². The third-order valence-electron chi connectivity index (χ3n) is 2.65. The van der Waals surface area contributed by atoms with E-state index in [1.54, 1.807) is 18.3 Å². The van der Waals surface area contributed by atoms with Gasteiger partial charge >= 0.3 is 0 Å². The highest BCUT2D eigenvalue weighted by Crippen LogP contribution is 2.19. The molecule has 1 nitrogen and oxygen atoms in total. The highest BCUT2D eigenvalue weighted by atomic mass is 35.5. The van der Waals surface area contributed by atoms with Gasteiger partial charge in [0.1, 0.15) is 6.54 Å². The van der Waals surface area contributed by atoms with Crippen molar-refractivity contribution in [3.05, 3.63) is 69.2 Å². The monoisotopic (exact) mass is 301 g/mol. The van der Waals surface area contributed by atoms with Crippen LogP contribution in [0, 0.1) is 18.8 Å². The number of hydrogen-bond donors (Lipinski definition) is 0. The smallest absolute Gasteiger partial charge is 0.100 e. The zero-order valence-electron chi connectivity index (χ0n) is 11.0. The Morgan fingerprint density at radius 1 is 1.10 bits per heavy atom. The Kier molecular flexibility index (Phi) is 5.24. The summed E-state index contributed by atoms with van der Waals surface area (Å²) in [5.41, 5.74) is 3.06. The van der Waals surface area contributed by atoms with Crippen molar-refractivity contribution in [2.45, 2.75) is 6.92 Å². The zero-order chi connectivity index (χ0) is 14.4. The molecule has 0 fully saturated rings. The van der Waals surface area contributed by atoms with E-state index in [-0.39, 0.29) is 0 Å². The van der Waals surface area contributed by atoms with E-state index < -0.39 is 0 Å². The van der Waals surface area contributed by atoms with E-state index in [0.29, 0.717) is 16.6 Å². The summed E-state index contributed by atoms with van der Waals surface area (Å²) < 4.78 is 0. The maximum absolute atomic E-state index is 6.04. The summed E-state index contributed by atoms with van der Waals surface area (Å²) in [4.78, 5) is 4.24. The predicted octanol–water partition coefficient (Wildman–Crippen LogP) is 4.77. The van der Waals surface area contributed by atoms with Gasteiger partial charge in [-0.25, -0.2) is 0 Å². The van der Waals surface area contributed by atoms with E-state index in [9.17, 15) is 0 Å². The van der Waals surface area contributed by atoms with E-state index in [0.717, 1.165) is 11.1 Å². The Bertz CT molecular complexity index is 676. The number of hydrogen-bond acceptors (Lipinski definition) is 1. The SMILES string of the molecule is Cc1ccc(C#CC/N=C/c2ccc(Cl)cc2Cl)cc1. The van der Waals surface area contributed by atoms with Crippen molar-refractivity contribution in [2.75, 3.05) is 6.54 Å². The summed E-state index contributed by atoms with van der Waals surface area (Å²) in [5, 5.41) is 1.21. The summed E-state index contributed by atoms with van der Waals surface area (Å²) in [6.07, 6.45) is 1.71. The molecular weight excluding hydrogens is 289 g/mol. The van der Waals surface area contributed by atoms with Crippen molar-refractivity contribution in [1.82, 2.24) is 0 Å². The molecule has 0 aliphatic heterocycles. The van der Waals surface area contributed by atoms with Gasteiger partial charge in [-0.2, -0.15) is 0 Å². The number of rotatable bonds is 2. The van der Waals surface area contributed by atoms with E-state index in [1.165, 1.54) is 5.56 Å². The third kappa shape index (κ3) is 4.42. The van der Waals surface area contributed by atoms with Crippen LogP contribution in [0.5, 0.6) is 0 Å². The van der Waals surface area contributed by atoms with Crippen LogP contribution in [0.3, 0.4) is 0 Å². The minimum absolute atomic E-state index is 0.437. The second kappa shape index (κ2) is 7.14. The maximum atomic E-state index is 6.04. The molecule has 0 aliphatic rings. The molecule has 0 spiro atoms. The summed E-state index contributed by atoms with van der Waals surface area (Å²) in [6.45, 7) is 2.49. The van der Waals surface area contributed by atoms with Crippen LogP contribution >= 0.6 is 23.2 Å². The van der Waals surface area contributed by atoms with Crippen molar-refractivity contribution in [3.63, 3.8) is 0 Å². The molecule has 2 rings (SSSR count). The highest BCUT2D eigenvalue weighted by molar-refractivity contribution is 6.36. The lowest BCUT2D eigenvalue weighted by atomic mass is 10.2. The summed E-state index contributed by atoms with van der Waals surface area (Å²) >= 11 is 11.9. The van der Waals surface area contributed by atoms with Crippen LogP contribution in [0.2, 0.25) is 10.0 Å². The lowest BCUT2D eigenvalue weighted by molar-refractivity contribution is 1.30. The van der Waals surface area contributed by atoms with Gasteiger partial charge in [0.25, 0.3) is 0 Å². The zero-order valence-corrected chi connectivity index (χ0v) is 12.5. The lowest BCUT2D eigenvalue weighted by Crippen LogP contribution is -1.84. The van der Waals surface area contributed by atoms with Gasteiger partial charge in [0.15, 0.2) is 0 Å². The van der Waals surface area contributed by atoms with Crippen LogP contribution in [-0.2, 0) is 0 Å². The first-order chi connectivity index (χ1) is 9.65. The average Bonchev–Trinajstić information content (AvgIpc) is 2.42. The third-order valence-corrected chi connectivity index (χ3v) is 3.21. The average molecular weight is 302 g/mol. The molecule has 0 radical (unpaired) electrons. The highest BCUT2D eigenvalue weighted by Gasteiger charge is 1.97. The van der Waals surface area contributed by atoms with Gasteiger partial charge in [-0.3, -0.25) is 4.99 Å².